The second-order valence-electron chi connectivity index (χ2n) is 8.75. The Bertz CT molecular complexity index is 1050. The van der Waals surface area contributed by atoms with Gasteiger partial charge in [0.25, 0.3) is 5.91 Å². The molecule has 0 aliphatic heterocycles. The molecule has 0 saturated heterocycles. The number of para-hydroxylation sites is 1. The molecule has 4 nitrogen and oxygen atoms in total. The molecule has 1 aliphatic carbocycles. The molecule has 1 saturated carbocycles. The quantitative estimate of drug-likeness (QED) is 0.392. The molecule has 0 radical (unpaired) electrons. The Morgan fingerprint density at radius 3 is 2.61 bits per heavy atom. The number of nitrogens with one attached hydrogen (secondary N) is 1. The first-order chi connectivity index (χ1) is 15.1. The third-order valence-corrected chi connectivity index (χ3v) is 7.41. The van der Waals surface area contributed by atoms with E-state index in [1.807, 2.05) is 0 Å². The van der Waals surface area contributed by atoms with Crippen molar-refractivity contribution in [1.29, 1.82) is 0 Å². The van der Waals surface area contributed by atoms with Crippen LogP contribution in [0.4, 0.5) is 0 Å². The molecular formula is C26H31BrN2O2. The van der Waals surface area contributed by atoms with Crippen molar-refractivity contribution in [2.45, 2.75) is 50.9 Å². The highest BCUT2D eigenvalue weighted by atomic mass is 79.9. The minimum Gasteiger partial charge on any atom is -0.507 e. The Morgan fingerprint density at radius 2 is 1.87 bits per heavy atom. The summed E-state index contributed by atoms with van der Waals surface area (Å²) in [7, 11) is 2.11. The van der Waals surface area contributed by atoms with E-state index in [-0.39, 0.29) is 11.7 Å². The van der Waals surface area contributed by atoms with Crippen LogP contribution in [-0.4, -0.2) is 22.1 Å². The maximum absolute atomic E-state index is 12.6. The zero-order valence-electron chi connectivity index (χ0n) is 18.1. The predicted octanol–water partition coefficient (Wildman–Crippen LogP) is 6.52. The molecule has 2 N–H and O–H groups in total. The molecule has 1 aromatic heterocycles. The summed E-state index contributed by atoms with van der Waals surface area (Å²) < 4.78 is 3.36. The van der Waals surface area contributed by atoms with Crippen LogP contribution in [0, 0.1) is 5.92 Å². The van der Waals surface area contributed by atoms with E-state index in [9.17, 15) is 9.90 Å². The van der Waals surface area contributed by atoms with Crippen molar-refractivity contribution >= 4 is 32.7 Å². The van der Waals surface area contributed by atoms with E-state index in [1.165, 1.54) is 55.0 Å². The molecule has 164 valence electrons. The second kappa shape index (κ2) is 9.90. The summed E-state index contributed by atoms with van der Waals surface area (Å²) in [5, 5.41) is 14.3. The number of nitrogens with zero attached hydrogens (tertiary/aromatic N) is 1. The molecule has 3 aromatic rings. The molecule has 1 aliphatic rings. The molecule has 1 heterocycles. The number of aryl methyl sites for hydroxylation is 1. The third-order valence-electron chi connectivity index (χ3n) is 6.75. The summed E-state index contributed by atoms with van der Waals surface area (Å²) in [5.41, 5.74) is 2.95. The highest BCUT2D eigenvalue weighted by Crippen LogP contribution is 2.42. The monoisotopic (exact) mass is 482 g/mol. The van der Waals surface area contributed by atoms with E-state index < -0.39 is 0 Å². The maximum atomic E-state index is 12.6. The van der Waals surface area contributed by atoms with Gasteiger partial charge < -0.3 is 15.0 Å². The Balaban J connectivity index is 1.58. The van der Waals surface area contributed by atoms with Crippen LogP contribution >= 0.6 is 15.9 Å². The van der Waals surface area contributed by atoms with E-state index in [0.29, 0.717) is 23.9 Å². The van der Waals surface area contributed by atoms with Gasteiger partial charge in [-0.15, -0.1) is 0 Å². The molecule has 1 fully saturated rings. The Morgan fingerprint density at radius 1 is 1.13 bits per heavy atom. The molecule has 1 atom stereocenters. The van der Waals surface area contributed by atoms with Crippen molar-refractivity contribution in [1.82, 2.24) is 9.88 Å². The van der Waals surface area contributed by atoms with Crippen LogP contribution in [0.1, 0.15) is 66.8 Å². The Hall–Kier alpha value is -2.27. The normalized spacial score (nSPS) is 16.2. The fourth-order valence-corrected chi connectivity index (χ4v) is 5.76. The standard InChI is InChI=1S/C26H31BrN2O2/c1-29-17-21(25-22(27)12-8-13-23(25)29)19(18-9-4-2-3-5-10-18)15-16-28-26(31)20-11-6-7-14-24(20)30/h6-8,11-14,17-19,30H,2-5,9-10,15-16H2,1H3,(H,28,31). The summed E-state index contributed by atoms with van der Waals surface area (Å²) in [6, 6.07) is 13.1. The fourth-order valence-electron chi connectivity index (χ4n) is 5.18. The summed E-state index contributed by atoms with van der Waals surface area (Å²) in [6.45, 7) is 0.592. The van der Waals surface area contributed by atoms with E-state index in [0.717, 1.165) is 10.9 Å². The van der Waals surface area contributed by atoms with Crippen LogP contribution < -0.4 is 5.32 Å². The summed E-state index contributed by atoms with van der Waals surface area (Å²) in [4.78, 5) is 12.6. The number of carbonyl (C=O) groups excluding carboxylic acids is 1. The van der Waals surface area contributed by atoms with Crippen molar-refractivity contribution in [2.75, 3.05) is 6.54 Å². The zero-order chi connectivity index (χ0) is 21.8. The molecule has 5 heteroatoms. The van der Waals surface area contributed by atoms with E-state index >= 15 is 0 Å². The summed E-state index contributed by atoms with van der Waals surface area (Å²) in [5.74, 6) is 0.836. The minimum atomic E-state index is -0.211. The number of hydrogen-bond donors (Lipinski definition) is 2. The van der Waals surface area contributed by atoms with E-state index in [4.69, 9.17) is 0 Å². The number of phenols is 1. The van der Waals surface area contributed by atoms with Crippen LogP contribution in [0.5, 0.6) is 5.75 Å². The van der Waals surface area contributed by atoms with Crippen molar-refractivity contribution in [3.05, 3.63) is 64.3 Å². The summed E-state index contributed by atoms with van der Waals surface area (Å²) >= 11 is 3.79. The van der Waals surface area contributed by atoms with Gasteiger partial charge in [0.15, 0.2) is 0 Å². The van der Waals surface area contributed by atoms with Gasteiger partial charge >= 0.3 is 0 Å². The number of phenolic OH excluding ortho intramolecular Hbond substituents is 1. The van der Waals surface area contributed by atoms with Crippen molar-refractivity contribution in [3.8, 4) is 5.75 Å². The number of rotatable bonds is 6. The van der Waals surface area contributed by atoms with Crippen LogP contribution in [0.2, 0.25) is 0 Å². The van der Waals surface area contributed by atoms with Crippen LogP contribution in [0.15, 0.2) is 53.1 Å². The smallest absolute Gasteiger partial charge is 0.255 e. The number of aromatic nitrogens is 1. The van der Waals surface area contributed by atoms with Crippen LogP contribution in [0.25, 0.3) is 10.9 Å². The maximum Gasteiger partial charge on any atom is 0.255 e. The highest BCUT2D eigenvalue weighted by Gasteiger charge is 2.27. The SMILES string of the molecule is Cn1cc(C(CCNC(=O)c2ccccc2O)C2CCCCCC2)c2c(Br)cccc21. The first kappa shape index (κ1) is 21.9. The predicted molar refractivity (Wildman–Crippen MR) is 130 cm³/mol. The number of aromatic hydroxyl groups is 1. The van der Waals surface area contributed by atoms with Crippen LogP contribution in [0.3, 0.4) is 0 Å². The van der Waals surface area contributed by atoms with Gasteiger partial charge in [-0.1, -0.05) is 59.8 Å². The first-order valence-electron chi connectivity index (χ1n) is 11.4. The van der Waals surface area contributed by atoms with Gasteiger partial charge in [-0.2, -0.15) is 0 Å². The van der Waals surface area contributed by atoms with Crippen molar-refractivity contribution in [2.24, 2.45) is 13.0 Å². The lowest BCUT2D eigenvalue weighted by molar-refractivity contribution is 0.0948. The Kier molecular flexibility index (Phi) is 7.01. The van der Waals surface area contributed by atoms with Gasteiger partial charge in [0.05, 0.1) is 5.56 Å². The average Bonchev–Trinajstić information content (AvgIpc) is 2.93. The molecule has 0 bridgehead atoms. The van der Waals surface area contributed by atoms with E-state index in [1.54, 1.807) is 24.3 Å². The van der Waals surface area contributed by atoms with E-state index in [2.05, 4.69) is 57.3 Å². The minimum absolute atomic E-state index is 0.0262. The lowest BCUT2D eigenvalue weighted by Gasteiger charge is -2.27. The number of halogens is 1. The van der Waals surface area contributed by atoms with Crippen LogP contribution in [-0.2, 0) is 7.05 Å². The largest absolute Gasteiger partial charge is 0.507 e. The van der Waals surface area contributed by atoms with Gasteiger partial charge in [0, 0.05) is 35.2 Å². The summed E-state index contributed by atoms with van der Waals surface area (Å²) in [6.07, 6.45) is 10.9. The van der Waals surface area contributed by atoms with Gasteiger partial charge in [0.2, 0.25) is 0 Å². The zero-order valence-corrected chi connectivity index (χ0v) is 19.7. The first-order valence-corrected chi connectivity index (χ1v) is 12.1. The van der Waals surface area contributed by atoms with Gasteiger partial charge in [0.1, 0.15) is 5.75 Å². The third kappa shape index (κ3) is 4.82. The molecular weight excluding hydrogens is 452 g/mol. The highest BCUT2D eigenvalue weighted by molar-refractivity contribution is 9.10. The lowest BCUT2D eigenvalue weighted by Crippen LogP contribution is -2.27. The molecule has 1 amide bonds. The number of carbonyl (C=O) groups is 1. The number of benzene rings is 2. The van der Waals surface area contributed by atoms with Crippen molar-refractivity contribution < 1.29 is 9.90 Å². The lowest BCUT2D eigenvalue weighted by atomic mass is 9.79. The molecule has 0 spiro atoms. The topological polar surface area (TPSA) is 54.3 Å². The average molecular weight is 483 g/mol. The number of amides is 1. The molecule has 4 rings (SSSR count). The Labute approximate surface area is 192 Å². The van der Waals surface area contributed by atoms with Crippen molar-refractivity contribution in [3.63, 3.8) is 0 Å². The van der Waals surface area contributed by atoms with Gasteiger partial charge in [-0.25, -0.2) is 0 Å². The molecule has 31 heavy (non-hydrogen) atoms. The fraction of sp³-hybridized carbons (Fsp3) is 0.423. The second-order valence-corrected chi connectivity index (χ2v) is 9.60. The number of hydrogen-bond acceptors (Lipinski definition) is 2. The van der Waals surface area contributed by atoms with Gasteiger partial charge in [-0.05, 0) is 60.9 Å². The van der Waals surface area contributed by atoms with Gasteiger partial charge in [-0.3, -0.25) is 4.79 Å². The molecule has 1 unspecified atom stereocenters. The number of fused-ring (bicyclic) bond motifs is 1. The molecule has 2 aromatic carbocycles.